The normalized spacial score (nSPS) is 11.6. The molecule has 0 saturated carbocycles. The number of sulfonamides is 1. The summed E-state index contributed by atoms with van der Waals surface area (Å²) >= 11 is 0. The average Bonchev–Trinajstić information content (AvgIpc) is 2.43. The summed E-state index contributed by atoms with van der Waals surface area (Å²) in [6.07, 6.45) is 1.48. The van der Waals surface area contributed by atoms with Gasteiger partial charge in [-0.15, -0.1) is 0 Å². The molecule has 5 nitrogen and oxygen atoms in total. The minimum atomic E-state index is -3.61. The molecule has 0 amide bonds. The van der Waals surface area contributed by atoms with Crippen molar-refractivity contribution in [2.75, 3.05) is 14.2 Å². The molecule has 0 unspecified atom stereocenters. The molecule has 1 N–H and O–H groups in total. The molecule has 0 aromatic heterocycles. The fraction of sp³-hybridized carbons (Fsp3) is 0.538. The van der Waals surface area contributed by atoms with E-state index in [-0.39, 0.29) is 10.9 Å². The Hall–Kier alpha value is -1.27. The molecule has 0 heterocycles. The van der Waals surface area contributed by atoms with Gasteiger partial charge in [-0.1, -0.05) is 13.8 Å². The van der Waals surface area contributed by atoms with Gasteiger partial charge in [0.1, 0.15) is 16.4 Å². The first kappa shape index (κ1) is 15.8. The van der Waals surface area contributed by atoms with Crippen LogP contribution in [0, 0.1) is 0 Å². The van der Waals surface area contributed by atoms with Gasteiger partial charge in [-0.3, -0.25) is 0 Å². The molecule has 0 aliphatic rings. The van der Waals surface area contributed by atoms with Gasteiger partial charge >= 0.3 is 0 Å². The second-order valence-electron chi connectivity index (χ2n) is 4.15. The maximum Gasteiger partial charge on any atom is 0.244 e. The first-order chi connectivity index (χ1) is 8.98. The summed E-state index contributed by atoms with van der Waals surface area (Å²) in [6.45, 7) is 3.89. The molecule has 1 aromatic carbocycles. The first-order valence-corrected chi connectivity index (χ1v) is 7.71. The smallest absolute Gasteiger partial charge is 0.244 e. The van der Waals surface area contributed by atoms with E-state index in [1.807, 2.05) is 13.8 Å². The number of methoxy groups -OCH3 is 2. The van der Waals surface area contributed by atoms with Crippen LogP contribution in [0.1, 0.15) is 26.7 Å². The monoisotopic (exact) mass is 287 g/mol. The molecule has 0 aliphatic heterocycles. The van der Waals surface area contributed by atoms with Gasteiger partial charge in [0.05, 0.1) is 14.2 Å². The van der Waals surface area contributed by atoms with Gasteiger partial charge in [0.15, 0.2) is 0 Å². The van der Waals surface area contributed by atoms with E-state index in [9.17, 15) is 8.42 Å². The van der Waals surface area contributed by atoms with E-state index in [2.05, 4.69) is 4.72 Å². The maximum atomic E-state index is 12.4. The van der Waals surface area contributed by atoms with Crippen molar-refractivity contribution in [2.24, 2.45) is 0 Å². The molecule has 0 spiro atoms. The van der Waals surface area contributed by atoms with E-state index < -0.39 is 10.0 Å². The Morgan fingerprint density at radius 3 is 2.26 bits per heavy atom. The molecule has 1 rings (SSSR count). The highest BCUT2D eigenvalue weighted by Crippen LogP contribution is 2.28. The lowest BCUT2D eigenvalue weighted by Gasteiger charge is -2.17. The summed E-state index contributed by atoms with van der Waals surface area (Å²) < 4.78 is 37.6. The molecule has 0 bridgehead atoms. The summed E-state index contributed by atoms with van der Waals surface area (Å²) in [5.41, 5.74) is 0. The van der Waals surface area contributed by atoms with Gasteiger partial charge in [-0.2, -0.15) is 0 Å². The van der Waals surface area contributed by atoms with Crippen molar-refractivity contribution in [3.05, 3.63) is 18.2 Å². The summed E-state index contributed by atoms with van der Waals surface area (Å²) in [4.78, 5) is 0.0984. The summed E-state index contributed by atoms with van der Waals surface area (Å²) in [5, 5.41) is 0. The molecule has 0 radical (unpaired) electrons. The molecule has 0 fully saturated rings. The van der Waals surface area contributed by atoms with Crippen molar-refractivity contribution in [3.8, 4) is 11.5 Å². The fourth-order valence-corrected chi connectivity index (χ4v) is 3.32. The summed E-state index contributed by atoms with van der Waals surface area (Å²) in [7, 11) is -0.679. The van der Waals surface area contributed by atoms with Crippen molar-refractivity contribution in [2.45, 2.75) is 37.6 Å². The zero-order valence-corrected chi connectivity index (χ0v) is 12.6. The molecule has 1 aromatic rings. The standard InChI is InChI=1S/C13H21NO4S/c1-5-10(6-2)14-19(15,16)13-9-11(17-3)7-8-12(13)18-4/h7-10,14H,5-6H2,1-4H3. The second kappa shape index (κ2) is 6.77. The molecule has 6 heteroatoms. The van der Waals surface area contributed by atoms with E-state index in [1.165, 1.54) is 20.3 Å². The molecule has 0 saturated heterocycles. The largest absolute Gasteiger partial charge is 0.497 e. The van der Waals surface area contributed by atoms with Crippen LogP contribution in [0.3, 0.4) is 0 Å². The topological polar surface area (TPSA) is 64.6 Å². The number of hydrogen-bond donors (Lipinski definition) is 1. The van der Waals surface area contributed by atoms with Gasteiger partial charge < -0.3 is 9.47 Å². The van der Waals surface area contributed by atoms with Gasteiger partial charge in [-0.25, -0.2) is 13.1 Å². The zero-order valence-electron chi connectivity index (χ0n) is 11.8. The van der Waals surface area contributed by atoms with E-state index >= 15 is 0 Å². The van der Waals surface area contributed by atoms with Crippen molar-refractivity contribution in [1.29, 1.82) is 0 Å². The highest BCUT2D eigenvalue weighted by Gasteiger charge is 2.22. The van der Waals surface area contributed by atoms with Gasteiger partial charge in [0.25, 0.3) is 0 Å². The molecule has 108 valence electrons. The summed E-state index contributed by atoms with van der Waals surface area (Å²) in [5.74, 6) is 0.782. The Morgan fingerprint density at radius 1 is 1.16 bits per heavy atom. The Bertz CT molecular complexity index is 509. The van der Waals surface area contributed by atoms with Crippen molar-refractivity contribution < 1.29 is 17.9 Å². The lowest BCUT2D eigenvalue weighted by Crippen LogP contribution is -2.34. The van der Waals surface area contributed by atoms with Crippen LogP contribution < -0.4 is 14.2 Å². The second-order valence-corrected chi connectivity index (χ2v) is 5.83. The van der Waals surface area contributed by atoms with E-state index in [1.54, 1.807) is 12.1 Å². The fourth-order valence-electron chi connectivity index (χ4n) is 1.73. The van der Waals surface area contributed by atoms with E-state index in [4.69, 9.17) is 9.47 Å². The van der Waals surface area contributed by atoms with Crippen LogP contribution in [0.25, 0.3) is 0 Å². The maximum absolute atomic E-state index is 12.4. The number of hydrogen-bond acceptors (Lipinski definition) is 4. The Labute approximate surface area is 115 Å². The molecule has 0 atom stereocenters. The minimum absolute atomic E-state index is 0.0825. The Kier molecular flexibility index (Phi) is 5.62. The SMILES string of the molecule is CCC(CC)NS(=O)(=O)c1cc(OC)ccc1OC. The number of nitrogens with one attached hydrogen (secondary N) is 1. The third kappa shape index (κ3) is 3.84. The first-order valence-electron chi connectivity index (χ1n) is 6.22. The third-order valence-corrected chi connectivity index (χ3v) is 4.51. The van der Waals surface area contributed by atoms with Crippen LogP contribution >= 0.6 is 0 Å². The number of ether oxygens (including phenoxy) is 2. The molecule has 19 heavy (non-hydrogen) atoms. The molecular formula is C13H21NO4S. The average molecular weight is 287 g/mol. The zero-order chi connectivity index (χ0) is 14.5. The third-order valence-electron chi connectivity index (χ3n) is 2.97. The number of benzene rings is 1. The van der Waals surface area contributed by atoms with Crippen LogP contribution in [0.15, 0.2) is 23.1 Å². The molecular weight excluding hydrogens is 266 g/mol. The van der Waals surface area contributed by atoms with Crippen LogP contribution in [0.4, 0.5) is 0 Å². The molecule has 0 aliphatic carbocycles. The van der Waals surface area contributed by atoms with E-state index in [0.29, 0.717) is 11.5 Å². The van der Waals surface area contributed by atoms with Crippen LogP contribution in [0.2, 0.25) is 0 Å². The highest BCUT2D eigenvalue weighted by molar-refractivity contribution is 7.89. The van der Waals surface area contributed by atoms with Crippen molar-refractivity contribution in [3.63, 3.8) is 0 Å². The van der Waals surface area contributed by atoms with Crippen LogP contribution in [-0.2, 0) is 10.0 Å². The number of rotatable bonds is 7. The summed E-state index contributed by atoms with van der Waals surface area (Å²) in [6, 6.07) is 4.62. The lowest BCUT2D eigenvalue weighted by molar-refractivity contribution is 0.391. The van der Waals surface area contributed by atoms with Gasteiger partial charge in [-0.05, 0) is 25.0 Å². The van der Waals surface area contributed by atoms with Gasteiger partial charge in [0.2, 0.25) is 10.0 Å². The van der Waals surface area contributed by atoms with Crippen molar-refractivity contribution >= 4 is 10.0 Å². The van der Waals surface area contributed by atoms with Crippen LogP contribution in [-0.4, -0.2) is 28.7 Å². The quantitative estimate of drug-likeness (QED) is 0.834. The predicted octanol–water partition coefficient (Wildman–Crippen LogP) is 2.17. The van der Waals surface area contributed by atoms with Crippen LogP contribution in [0.5, 0.6) is 11.5 Å². The lowest BCUT2D eigenvalue weighted by atomic mass is 10.2. The predicted molar refractivity (Wildman–Crippen MR) is 74.2 cm³/mol. The minimum Gasteiger partial charge on any atom is -0.497 e. The highest BCUT2D eigenvalue weighted by atomic mass is 32.2. The van der Waals surface area contributed by atoms with E-state index in [0.717, 1.165) is 12.8 Å². The Morgan fingerprint density at radius 2 is 1.79 bits per heavy atom. The van der Waals surface area contributed by atoms with Crippen molar-refractivity contribution in [1.82, 2.24) is 4.72 Å². The Balaban J connectivity index is 3.18. The van der Waals surface area contributed by atoms with Gasteiger partial charge in [0, 0.05) is 12.1 Å².